The van der Waals surface area contributed by atoms with Gasteiger partial charge in [0.05, 0.1) is 45.9 Å². The first kappa shape index (κ1) is 46.9. The highest BCUT2D eigenvalue weighted by atomic mass is 31.2. The second-order valence-electron chi connectivity index (χ2n) is 15.4. The molecule has 0 saturated carbocycles. The maximum Gasteiger partial charge on any atom is 0.349 e. The molecule has 0 radical (unpaired) electrons. The van der Waals surface area contributed by atoms with Crippen molar-refractivity contribution in [2.75, 3.05) is 38.7 Å². The molecule has 0 fully saturated rings. The summed E-state index contributed by atoms with van der Waals surface area (Å²) in [6.07, 6.45) is 3.14. The first-order valence-electron chi connectivity index (χ1n) is 20.5. The van der Waals surface area contributed by atoms with Gasteiger partial charge in [0.25, 0.3) is 5.91 Å². The molecule has 0 aliphatic heterocycles. The lowest BCUT2D eigenvalue weighted by Gasteiger charge is -2.41. The molecule has 0 bridgehead atoms. The van der Waals surface area contributed by atoms with E-state index < -0.39 is 27.9 Å². The van der Waals surface area contributed by atoms with Crippen molar-refractivity contribution in [1.82, 2.24) is 14.2 Å². The molecule has 1 amide bonds. The van der Waals surface area contributed by atoms with Crippen molar-refractivity contribution in [2.24, 2.45) is 0 Å². The van der Waals surface area contributed by atoms with Gasteiger partial charge in [0.15, 0.2) is 0 Å². The number of ether oxygens (including phenoxy) is 3. The smallest absolute Gasteiger partial charge is 0.349 e. The Labute approximate surface area is 362 Å². The zero-order valence-electron chi connectivity index (χ0n) is 36.2. The predicted octanol–water partition coefficient (Wildman–Crippen LogP) is 9.36. The van der Waals surface area contributed by atoms with Crippen molar-refractivity contribution in [1.29, 1.82) is 5.26 Å². The summed E-state index contributed by atoms with van der Waals surface area (Å²) in [6, 6.07) is 39.7. The molecule has 0 spiro atoms. The van der Waals surface area contributed by atoms with Crippen LogP contribution < -0.4 is 20.5 Å². The molecule has 2 unspecified atom stereocenters. The van der Waals surface area contributed by atoms with Crippen molar-refractivity contribution < 1.29 is 28.0 Å². The van der Waals surface area contributed by atoms with Crippen LogP contribution in [0.5, 0.6) is 11.5 Å². The van der Waals surface area contributed by atoms with E-state index in [-0.39, 0.29) is 36.5 Å². The third-order valence-corrected chi connectivity index (χ3v) is 15.8. The summed E-state index contributed by atoms with van der Waals surface area (Å²) in [4.78, 5) is 30.2. The van der Waals surface area contributed by atoms with E-state index in [0.29, 0.717) is 37.5 Å². The molecule has 12 nitrogen and oxygen atoms in total. The number of hydrogen-bond donors (Lipinski definition) is 1. The van der Waals surface area contributed by atoms with E-state index in [0.717, 1.165) is 28.2 Å². The number of carbonyl (C=O) groups is 1. The molecule has 1 aromatic heterocycles. The largest absolute Gasteiger partial charge is 0.497 e. The number of nitriles is 1. The van der Waals surface area contributed by atoms with Crippen LogP contribution in [0.4, 0.5) is 5.82 Å². The average molecular weight is 864 g/mol. The van der Waals surface area contributed by atoms with Crippen LogP contribution in [0.1, 0.15) is 67.6 Å². The third kappa shape index (κ3) is 12.4. The number of methoxy groups -OCH3 is 2. The summed E-state index contributed by atoms with van der Waals surface area (Å²) in [6.45, 7) is 11.4. The Morgan fingerprint density at radius 3 is 1.93 bits per heavy atom. The fraction of sp³-hybridized carbons (Fsp3) is 0.362. The maximum absolute atomic E-state index is 13.3. The van der Waals surface area contributed by atoms with Crippen LogP contribution in [0.3, 0.4) is 0 Å². The highest BCUT2D eigenvalue weighted by Gasteiger charge is 2.42. The van der Waals surface area contributed by atoms with Gasteiger partial charge >= 0.3 is 5.69 Å². The van der Waals surface area contributed by atoms with Crippen molar-refractivity contribution in [3.63, 3.8) is 0 Å². The molecule has 1 heterocycles. The number of rotatable bonds is 23. The number of aryl methyl sites for hydroxylation is 1. The summed E-state index contributed by atoms with van der Waals surface area (Å²) in [5.74, 6) is 1.29. The summed E-state index contributed by atoms with van der Waals surface area (Å²) in [5, 5.41) is 12.1. The second-order valence-corrected chi connectivity index (χ2v) is 21.0. The van der Waals surface area contributed by atoms with E-state index in [2.05, 4.69) is 67.4 Å². The number of hydrogen-bond acceptors (Lipinski definition) is 10. The topological polar surface area (TPSA) is 137 Å². The minimum Gasteiger partial charge on any atom is -0.497 e. The summed E-state index contributed by atoms with van der Waals surface area (Å²) < 4.78 is 36.0. The third-order valence-electron chi connectivity index (χ3n) is 10.3. The molecule has 5 rings (SSSR count). The van der Waals surface area contributed by atoms with Crippen LogP contribution in [0.2, 0.25) is 12.6 Å². The zero-order chi connectivity index (χ0) is 43.8. The standard InChI is InChI=1S/C47H58N5O7PSi/c1-36(2)52(37(3)4)60(58-32-14-29-48)34-59-61(7,33-15-30-51-31-28-44(50-46(51)54)49-45(53)38-16-10-8-11-17-38)35-57-47(39-18-12-9-13-19-39,40-20-24-42(55-5)25-21-40)41-22-26-43(56-6)27-23-41/h8-13,16-28,31,36-37H,14-15,30,32-35H2,1-7H3,(H,49,50,53,54). The minimum atomic E-state index is -2.88. The number of amides is 1. The van der Waals surface area contributed by atoms with E-state index >= 15 is 0 Å². The van der Waals surface area contributed by atoms with Crippen molar-refractivity contribution in [3.8, 4) is 17.6 Å². The number of aromatic nitrogens is 2. The quantitative estimate of drug-likeness (QED) is 0.0293. The molecular formula is C47H58N5O7PSi. The summed E-state index contributed by atoms with van der Waals surface area (Å²) in [5.41, 5.74) is 1.70. The lowest BCUT2D eigenvalue weighted by molar-refractivity contribution is 0.0320. The lowest BCUT2D eigenvalue weighted by Crippen LogP contribution is -2.46. The van der Waals surface area contributed by atoms with Gasteiger partial charge in [-0.15, -0.1) is 0 Å². The Hall–Kier alpha value is -5.19. The lowest BCUT2D eigenvalue weighted by atomic mass is 9.80. The highest BCUT2D eigenvalue weighted by molar-refractivity contribution is 7.49. The van der Waals surface area contributed by atoms with Gasteiger partial charge in [-0.1, -0.05) is 72.8 Å². The molecule has 5 aromatic rings. The molecule has 0 aliphatic carbocycles. The summed E-state index contributed by atoms with van der Waals surface area (Å²) >= 11 is 0. The van der Waals surface area contributed by atoms with Gasteiger partial charge in [-0.05, 0) is 106 Å². The first-order chi connectivity index (χ1) is 29.4. The number of nitrogens with one attached hydrogen (secondary N) is 1. The molecule has 4 aromatic carbocycles. The monoisotopic (exact) mass is 863 g/mol. The fourth-order valence-corrected chi connectivity index (χ4v) is 12.4. The van der Waals surface area contributed by atoms with E-state index in [1.54, 1.807) is 55.3 Å². The van der Waals surface area contributed by atoms with Crippen LogP contribution in [0, 0.1) is 11.3 Å². The molecule has 2 atom stereocenters. The average Bonchev–Trinajstić information content (AvgIpc) is 3.27. The number of anilines is 1. The molecule has 322 valence electrons. The molecule has 14 heteroatoms. The van der Waals surface area contributed by atoms with Gasteiger partial charge in [0.2, 0.25) is 8.32 Å². The Kier molecular flexibility index (Phi) is 17.4. The molecule has 61 heavy (non-hydrogen) atoms. The van der Waals surface area contributed by atoms with Crippen LogP contribution in [-0.4, -0.2) is 73.9 Å². The zero-order valence-corrected chi connectivity index (χ0v) is 38.1. The fourth-order valence-electron chi connectivity index (χ4n) is 7.28. The van der Waals surface area contributed by atoms with Crippen molar-refractivity contribution >= 4 is 28.3 Å². The van der Waals surface area contributed by atoms with Crippen LogP contribution in [0.25, 0.3) is 0 Å². The Morgan fingerprint density at radius 1 is 0.852 bits per heavy atom. The predicted molar refractivity (Wildman–Crippen MR) is 243 cm³/mol. The van der Waals surface area contributed by atoms with Gasteiger partial charge in [0.1, 0.15) is 31.2 Å². The normalized spacial score (nSPS) is 13.1. The molecule has 0 saturated heterocycles. The maximum atomic E-state index is 13.3. The van der Waals surface area contributed by atoms with Gasteiger partial charge in [0, 0.05) is 30.4 Å². The highest BCUT2D eigenvalue weighted by Crippen LogP contribution is 2.47. The Morgan fingerprint density at radius 2 is 1.41 bits per heavy atom. The van der Waals surface area contributed by atoms with E-state index in [9.17, 15) is 14.9 Å². The Balaban J connectivity index is 1.49. The van der Waals surface area contributed by atoms with Crippen molar-refractivity contribution in [2.45, 2.75) is 77.4 Å². The number of benzene rings is 4. The van der Waals surface area contributed by atoms with Crippen LogP contribution in [0.15, 0.2) is 126 Å². The summed E-state index contributed by atoms with van der Waals surface area (Å²) in [7, 11) is -0.826. The van der Waals surface area contributed by atoms with Gasteiger partial charge < -0.3 is 28.5 Å². The Bertz CT molecular complexity index is 2170. The van der Waals surface area contributed by atoms with Gasteiger partial charge in [-0.2, -0.15) is 10.2 Å². The molecule has 0 aliphatic rings. The minimum absolute atomic E-state index is 0.177. The number of nitrogens with zero attached hydrogens (tertiary/aromatic N) is 4. The molecular weight excluding hydrogens is 806 g/mol. The second kappa shape index (κ2) is 22.6. The van der Waals surface area contributed by atoms with Crippen LogP contribution in [-0.2, 0) is 25.8 Å². The van der Waals surface area contributed by atoms with E-state index in [1.165, 1.54) is 0 Å². The van der Waals surface area contributed by atoms with E-state index in [4.69, 9.17) is 23.2 Å². The SMILES string of the molecule is COc1ccc(C(OC[Si](C)(CCCn2ccc(NC(=O)c3ccccc3)nc2=O)OCP(OCCC#N)N(C(C)C)C(C)C)(c2ccccc2)c2ccc(OC)cc2)cc1. The van der Waals surface area contributed by atoms with Crippen LogP contribution >= 0.6 is 8.30 Å². The van der Waals surface area contributed by atoms with E-state index in [1.807, 2.05) is 72.8 Å². The number of carbonyl (C=O) groups excluding carboxylic acids is 1. The van der Waals surface area contributed by atoms with Gasteiger partial charge in [-0.25, -0.2) is 4.79 Å². The van der Waals surface area contributed by atoms with Gasteiger partial charge in [-0.3, -0.25) is 14.0 Å². The van der Waals surface area contributed by atoms with Crippen molar-refractivity contribution in [3.05, 3.63) is 154 Å². The first-order valence-corrected chi connectivity index (χ1v) is 24.8. The molecule has 1 N–H and O–H groups in total.